The lowest BCUT2D eigenvalue weighted by molar-refractivity contribution is -0.145. The van der Waals surface area contributed by atoms with Crippen molar-refractivity contribution < 1.29 is 39.2 Å². The van der Waals surface area contributed by atoms with Gasteiger partial charge in [-0.25, -0.2) is 9.59 Å². The van der Waals surface area contributed by atoms with Gasteiger partial charge in [-0.15, -0.1) is 0 Å². The van der Waals surface area contributed by atoms with Crippen molar-refractivity contribution in [2.75, 3.05) is 6.73 Å². The number of benzene rings is 2. The maximum atomic E-state index is 12.8. The van der Waals surface area contributed by atoms with Crippen LogP contribution in [0.2, 0.25) is 0 Å². The lowest BCUT2D eigenvalue weighted by Gasteiger charge is -2.28. The summed E-state index contributed by atoms with van der Waals surface area (Å²) in [6, 6.07) is 14.1. The second kappa shape index (κ2) is 12.1. The number of aliphatic hydroxyl groups is 1. The van der Waals surface area contributed by atoms with Crippen LogP contribution in [0.15, 0.2) is 60.7 Å². The molecule has 2 aromatic rings. The van der Waals surface area contributed by atoms with Gasteiger partial charge in [-0.05, 0) is 11.1 Å². The molecule has 0 saturated carbocycles. The number of aliphatic hydroxyl groups excluding tert-OH is 1. The maximum Gasteiger partial charge on any atom is 0.412 e. The second-order valence-corrected chi connectivity index (χ2v) is 6.85. The van der Waals surface area contributed by atoms with E-state index < -0.39 is 49.2 Å². The summed E-state index contributed by atoms with van der Waals surface area (Å²) >= 11 is 0. The summed E-state index contributed by atoms with van der Waals surface area (Å²) in [5.41, 5.74) is 1.28. The Labute approximate surface area is 184 Å². The molecule has 2 rings (SSSR count). The number of carbonyl (C=O) groups excluding carboxylic acids is 2. The molecule has 0 saturated heterocycles. The molecule has 0 heterocycles. The first-order chi connectivity index (χ1) is 15.3. The molecule has 0 fully saturated rings. The average molecular weight is 444 g/mol. The molecule has 0 bridgehead atoms. The number of ether oxygens (including phenoxy) is 1. The number of nitrogens with one attached hydrogen (secondary N) is 1. The molecule has 0 unspecified atom stereocenters. The highest BCUT2D eigenvalue weighted by Gasteiger charge is 2.35. The third-order valence-corrected chi connectivity index (χ3v) is 4.54. The van der Waals surface area contributed by atoms with Crippen molar-refractivity contribution in [2.45, 2.75) is 31.5 Å². The largest absolute Gasteiger partial charge is 0.481 e. The molecule has 0 aromatic heterocycles. The van der Waals surface area contributed by atoms with Crippen LogP contribution in [0.25, 0.3) is 0 Å². The quantitative estimate of drug-likeness (QED) is 0.378. The summed E-state index contributed by atoms with van der Waals surface area (Å²) in [6.07, 6.45) is -2.03. The smallest absolute Gasteiger partial charge is 0.412 e. The number of carboxylic acids is 2. The van der Waals surface area contributed by atoms with E-state index in [-0.39, 0.29) is 13.0 Å². The SMILES string of the molecule is O=C(O)C[C@@H](C(=O)N[C@@H](Cc1ccccc1)C(=O)O)N(CO)C(=O)OCc1ccccc1. The van der Waals surface area contributed by atoms with Crippen LogP contribution < -0.4 is 5.32 Å². The summed E-state index contributed by atoms with van der Waals surface area (Å²) in [5.74, 6) is -3.80. The van der Waals surface area contributed by atoms with Gasteiger partial charge in [-0.2, -0.15) is 0 Å². The van der Waals surface area contributed by atoms with E-state index in [1.54, 1.807) is 60.7 Å². The van der Waals surface area contributed by atoms with Gasteiger partial charge < -0.3 is 25.4 Å². The first-order valence-corrected chi connectivity index (χ1v) is 9.69. The van der Waals surface area contributed by atoms with E-state index in [0.29, 0.717) is 16.0 Å². The highest BCUT2D eigenvalue weighted by atomic mass is 16.6. The van der Waals surface area contributed by atoms with Crippen molar-refractivity contribution in [1.82, 2.24) is 10.2 Å². The molecule has 0 aliphatic heterocycles. The van der Waals surface area contributed by atoms with Gasteiger partial charge in [0, 0.05) is 6.42 Å². The van der Waals surface area contributed by atoms with Crippen molar-refractivity contribution in [2.24, 2.45) is 0 Å². The van der Waals surface area contributed by atoms with Crippen molar-refractivity contribution in [3.8, 4) is 0 Å². The van der Waals surface area contributed by atoms with Gasteiger partial charge in [0.1, 0.15) is 25.4 Å². The highest BCUT2D eigenvalue weighted by molar-refractivity contribution is 5.92. The Morgan fingerprint density at radius 1 is 0.906 bits per heavy atom. The number of carboxylic acid groups (broad SMARTS) is 2. The molecule has 2 amide bonds. The summed E-state index contributed by atoms with van der Waals surface area (Å²) in [7, 11) is 0. The fraction of sp³-hybridized carbons (Fsp3) is 0.273. The first kappa shape index (κ1) is 24.4. The zero-order valence-electron chi connectivity index (χ0n) is 17.1. The van der Waals surface area contributed by atoms with Gasteiger partial charge in [-0.1, -0.05) is 60.7 Å². The molecule has 10 heteroatoms. The summed E-state index contributed by atoms with van der Waals surface area (Å²) in [5, 5.41) is 30.6. The fourth-order valence-electron chi connectivity index (χ4n) is 2.91. The molecule has 2 atom stereocenters. The standard InChI is InChI=1S/C22H24N2O8/c25-14-24(22(31)32-13-16-9-5-2-6-10-16)18(12-19(26)27)20(28)23-17(21(29)30)11-15-7-3-1-4-8-15/h1-10,17-18,25H,11-14H2,(H,23,28)(H,26,27)(H,29,30)/t17-,18-/m0/s1. The molecule has 0 aliphatic rings. The molecule has 0 aliphatic carbocycles. The van der Waals surface area contributed by atoms with Crippen LogP contribution in [-0.2, 0) is 32.1 Å². The number of carbonyl (C=O) groups is 4. The Bertz CT molecular complexity index is 920. The van der Waals surface area contributed by atoms with Gasteiger partial charge in [0.2, 0.25) is 5.91 Å². The Kier molecular flexibility index (Phi) is 9.18. The lowest BCUT2D eigenvalue weighted by atomic mass is 10.0. The Morgan fingerprint density at radius 2 is 1.47 bits per heavy atom. The van der Waals surface area contributed by atoms with E-state index in [0.717, 1.165) is 0 Å². The van der Waals surface area contributed by atoms with Crippen molar-refractivity contribution in [3.63, 3.8) is 0 Å². The molecule has 32 heavy (non-hydrogen) atoms. The number of rotatable bonds is 11. The summed E-state index contributed by atoms with van der Waals surface area (Å²) in [4.78, 5) is 48.7. The molecule has 0 spiro atoms. The number of nitrogens with zero attached hydrogens (tertiary/aromatic N) is 1. The molecular formula is C22H24N2O8. The number of hydrogen-bond acceptors (Lipinski definition) is 6. The molecule has 2 aromatic carbocycles. The summed E-state index contributed by atoms with van der Waals surface area (Å²) < 4.78 is 5.08. The third kappa shape index (κ3) is 7.40. The summed E-state index contributed by atoms with van der Waals surface area (Å²) in [6.45, 7) is -1.17. The fourth-order valence-corrected chi connectivity index (χ4v) is 2.91. The predicted octanol–water partition coefficient (Wildman–Crippen LogP) is 1.23. The highest BCUT2D eigenvalue weighted by Crippen LogP contribution is 2.11. The van der Waals surface area contributed by atoms with Crippen LogP contribution in [-0.4, -0.2) is 63.0 Å². The average Bonchev–Trinajstić information content (AvgIpc) is 2.78. The minimum absolute atomic E-state index is 0.0563. The topological polar surface area (TPSA) is 153 Å². The van der Waals surface area contributed by atoms with Gasteiger partial charge >= 0.3 is 18.0 Å². The van der Waals surface area contributed by atoms with Crippen LogP contribution in [0.1, 0.15) is 17.5 Å². The zero-order chi connectivity index (χ0) is 23.5. The number of amides is 2. The minimum Gasteiger partial charge on any atom is -0.481 e. The molecule has 0 radical (unpaired) electrons. The van der Waals surface area contributed by atoms with Gasteiger partial charge in [0.25, 0.3) is 0 Å². The van der Waals surface area contributed by atoms with E-state index in [9.17, 15) is 34.5 Å². The third-order valence-electron chi connectivity index (χ3n) is 4.54. The van der Waals surface area contributed by atoms with Crippen LogP contribution in [0.5, 0.6) is 0 Å². The lowest BCUT2D eigenvalue weighted by Crippen LogP contribution is -2.54. The number of aliphatic carboxylic acids is 2. The maximum absolute atomic E-state index is 12.8. The van der Waals surface area contributed by atoms with Gasteiger partial charge in [0.15, 0.2) is 0 Å². The van der Waals surface area contributed by atoms with Crippen LogP contribution in [0.4, 0.5) is 4.79 Å². The molecule has 10 nitrogen and oxygen atoms in total. The van der Waals surface area contributed by atoms with Crippen LogP contribution in [0.3, 0.4) is 0 Å². The van der Waals surface area contributed by atoms with E-state index in [1.807, 2.05) is 0 Å². The van der Waals surface area contributed by atoms with E-state index in [1.165, 1.54) is 0 Å². The second-order valence-electron chi connectivity index (χ2n) is 6.85. The van der Waals surface area contributed by atoms with Gasteiger partial charge in [-0.3, -0.25) is 14.5 Å². The first-order valence-electron chi connectivity index (χ1n) is 9.69. The molecule has 170 valence electrons. The van der Waals surface area contributed by atoms with E-state index >= 15 is 0 Å². The van der Waals surface area contributed by atoms with E-state index in [4.69, 9.17) is 4.74 Å². The molecular weight excluding hydrogens is 420 g/mol. The van der Waals surface area contributed by atoms with Crippen molar-refractivity contribution in [1.29, 1.82) is 0 Å². The van der Waals surface area contributed by atoms with Crippen LogP contribution in [0, 0.1) is 0 Å². The minimum atomic E-state index is -1.68. The zero-order valence-corrected chi connectivity index (χ0v) is 17.1. The Hall–Kier alpha value is -3.92. The van der Waals surface area contributed by atoms with Crippen molar-refractivity contribution >= 4 is 23.9 Å². The Morgan fingerprint density at radius 3 is 1.97 bits per heavy atom. The monoisotopic (exact) mass is 444 g/mol. The van der Waals surface area contributed by atoms with E-state index in [2.05, 4.69) is 5.32 Å². The molecule has 4 N–H and O–H groups in total. The normalized spacial score (nSPS) is 12.3. The van der Waals surface area contributed by atoms with Gasteiger partial charge in [0.05, 0.1) is 6.42 Å². The predicted molar refractivity (Wildman–Crippen MR) is 111 cm³/mol. The van der Waals surface area contributed by atoms with Crippen LogP contribution >= 0.6 is 0 Å². The number of hydrogen-bond donors (Lipinski definition) is 4. The van der Waals surface area contributed by atoms with Crippen molar-refractivity contribution in [3.05, 3.63) is 71.8 Å². The Balaban J connectivity index is 2.13.